The molecular formula is C24H32N2O2Si. The van der Waals surface area contributed by atoms with Gasteiger partial charge < -0.3 is 18.6 Å². The van der Waals surface area contributed by atoms with Crippen LogP contribution in [0.3, 0.4) is 0 Å². The first-order valence-corrected chi connectivity index (χ1v) is 12.5. The highest BCUT2D eigenvalue weighted by Gasteiger charge is 2.16. The highest BCUT2D eigenvalue weighted by molar-refractivity contribution is 6.72. The van der Waals surface area contributed by atoms with Gasteiger partial charge in [0.2, 0.25) is 0 Å². The van der Waals surface area contributed by atoms with E-state index in [2.05, 4.69) is 71.5 Å². The number of nitrogens with zero attached hydrogens (tertiary/aromatic N) is 2. The summed E-state index contributed by atoms with van der Waals surface area (Å²) >= 11 is 0. The van der Waals surface area contributed by atoms with Crippen molar-refractivity contribution >= 4 is 35.9 Å². The molecule has 4 aromatic rings. The molecule has 2 heterocycles. The maximum Gasteiger partial charge on any atom is 0.122 e. The Morgan fingerprint density at radius 1 is 0.759 bits per heavy atom. The Kier molecular flexibility index (Phi) is 7.69. The largest absolute Gasteiger partial charge is 0.364 e. The van der Waals surface area contributed by atoms with Crippen LogP contribution in [0.4, 0.5) is 0 Å². The van der Waals surface area contributed by atoms with Crippen LogP contribution in [0.5, 0.6) is 0 Å². The molecule has 2 aromatic heterocycles. The van der Waals surface area contributed by atoms with E-state index < -0.39 is 8.80 Å². The summed E-state index contributed by atoms with van der Waals surface area (Å²) in [6, 6.07) is 24.0. The second-order valence-electron chi connectivity index (χ2n) is 7.25. The van der Waals surface area contributed by atoms with E-state index in [-0.39, 0.29) is 0 Å². The fourth-order valence-corrected chi connectivity index (χ4v) is 6.43. The third-order valence-corrected chi connectivity index (χ3v) is 8.74. The van der Waals surface area contributed by atoms with Crippen LogP contribution in [-0.2, 0) is 22.9 Å². The zero-order valence-corrected chi connectivity index (χ0v) is 19.1. The molecule has 29 heavy (non-hydrogen) atoms. The minimum Gasteiger partial charge on any atom is -0.364 e. The smallest absolute Gasteiger partial charge is 0.122 e. The van der Waals surface area contributed by atoms with Gasteiger partial charge in [-0.1, -0.05) is 62.3 Å². The van der Waals surface area contributed by atoms with Crippen molar-refractivity contribution < 1.29 is 9.47 Å². The van der Waals surface area contributed by atoms with Gasteiger partial charge in [-0.3, -0.25) is 0 Å². The Balaban J connectivity index is 0.000000176. The second kappa shape index (κ2) is 10.4. The van der Waals surface area contributed by atoms with Crippen LogP contribution in [0.25, 0.3) is 21.8 Å². The number of aromatic nitrogens is 2. The fourth-order valence-electron chi connectivity index (χ4n) is 3.94. The molecule has 0 aliphatic rings. The average molecular weight is 409 g/mol. The lowest BCUT2D eigenvalue weighted by Crippen LogP contribution is -2.35. The molecule has 0 spiro atoms. The van der Waals surface area contributed by atoms with Crippen molar-refractivity contribution in [3.63, 3.8) is 0 Å². The topological polar surface area (TPSA) is 28.3 Å². The minimum atomic E-state index is -0.814. The third kappa shape index (κ3) is 4.81. The van der Waals surface area contributed by atoms with Gasteiger partial charge in [0.05, 0.1) is 8.80 Å². The number of ether oxygens (including phenoxy) is 2. The highest BCUT2D eigenvalue weighted by atomic mass is 28.3. The summed E-state index contributed by atoms with van der Waals surface area (Å²) in [5.74, 6) is 0. The summed E-state index contributed by atoms with van der Waals surface area (Å²) in [5, 5.41) is 4.14. The summed E-state index contributed by atoms with van der Waals surface area (Å²) < 4.78 is 14.9. The molecule has 0 N–H and O–H groups in total. The van der Waals surface area contributed by atoms with E-state index in [9.17, 15) is 0 Å². The third-order valence-electron chi connectivity index (χ3n) is 5.45. The van der Waals surface area contributed by atoms with Gasteiger partial charge in [0, 0.05) is 36.8 Å². The SMILES string of the molecule is CC[SiH](CC)c1cc2ccccc2n1COC.COCn1ccc2ccccc21. The van der Waals surface area contributed by atoms with Gasteiger partial charge in [0.15, 0.2) is 0 Å². The normalized spacial score (nSPS) is 11.2. The molecule has 0 bridgehead atoms. The molecule has 2 aromatic carbocycles. The zero-order valence-electron chi connectivity index (χ0n) is 18.0. The van der Waals surface area contributed by atoms with Crippen LogP contribution in [-0.4, -0.2) is 32.2 Å². The molecule has 0 aliphatic carbocycles. The quantitative estimate of drug-likeness (QED) is 0.404. The molecule has 0 atom stereocenters. The Morgan fingerprint density at radius 2 is 1.38 bits per heavy atom. The van der Waals surface area contributed by atoms with Crippen LogP contribution in [0.2, 0.25) is 12.1 Å². The number of fused-ring (bicyclic) bond motifs is 2. The van der Waals surface area contributed by atoms with E-state index in [0.29, 0.717) is 13.5 Å². The van der Waals surface area contributed by atoms with Gasteiger partial charge >= 0.3 is 0 Å². The Labute approximate surface area is 175 Å². The van der Waals surface area contributed by atoms with E-state index in [0.717, 1.165) is 0 Å². The lowest BCUT2D eigenvalue weighted by Gasteiger charge is -2.15. The number of benzene rings is 2. The van der Waals surface area contributed by atoms with E-state index in [1.807, 2.05) is 18.3 Å². The van der Waals surface area contributed by atoms with E-state index >= 15 is 0 Å². The van der Waals surface area contributed by atoms with Crippen LogP contribution in [0, 0.1) is 0 Å². The van der Waals surface area contributed by atoms with E-state index in [4.69, 9.17) is 9.47 Å². The van der Waals surface area contributed by atoms with Crippen molar-refractivity contribution in [2.75, 3.05) is 14.2 Å². The first kappa shape index (κ1) is 21.4. The van der Waals surface area contributed by atoms with E-state index in [1.165, 1.54) is 39.2 Å². The van der Waals surface area contributed by atoms with Crippen molar-refractivity contribution in [3.05, 3.63) is 66.9 Å². The van der Waals surface area contributed by atoms with Gasteiger partial charge in [-0.25, -0.2) is 0 Å². The average Bonchev–Trinajstić information content (AvgIpc) is 3.33. The standard InChI is InChI=1S/C14H21NOSi.C10H11NO/c1-4-17(5-2)14-10-12-8-6-7-9-13(12)15(14)11-16-3;1-12-8-11-7-6-9-4-2-3-5-10(9)11/h6-10,17H,4-5,11H2,1-3H3;2-7H,8H2,1H3. The van der Waals surface area contributed by atoms with E-state index in [1.54, 1.807) is 14.2 Å². The monoisotopic (exact) mass is 408 g/mol. The molecule has 154 valence electrons. The molecule has 4 rings (SSSR count). The van der Waals surface area contributed by atoms with Crippen LogP contribution in [0.1, 0.15) is 13.8 Å². The predicted molar refractivity (Wildman–Crippen MR) is 126 cm³/mol. The molecule has 0 radical (unpaired) electrons. The summed E-state index contributed by atoms with van der Waals surface area (Å²) in [6.45, 7) is 5.92. The minimum absolute atomic E-state index is 0.619. The van der Waals surface area contributed by atoms with Crippen molar-refractivity contribution in [2.24, 2.45) is 0 Å². The summed E-state index contributed by atoms with van der Waals surface area (Å²) in [7, 11) is 2.66. The Hall–Kier alpha value is -2.34. The van der Waals surface area contributed by atoms with Crippen molar-refractivity contribution in [2.45, 2.75) is 39.4 Å². The Bertz CT molecular complexity index is 1030. The molecule has 0 fully saturated rings. The lowest BCUT2D eigenvalue weighted by atomic mass is 10.2. The maximum atomic E-state index is 5.36. The molecule has 0 saturated heterocycles. The number of methoxy groups -OCH3 is 2. The van der Waals surface area contributed by atoms with Crippen molar-refractivity contribution in [1.82, 2.24) is 9.13 Å². The predicted octanol–water partition coefficient (Wildman–Crippen LogP) is 4.96. The van der Waals surface area contributed by atoms with Gasteiger partial charge in [0.1, 0.15) is 13.5 Å². The maximum absolute atomic E-state index is 5.36. The lowest BCUT2D eigenvalue weighted by molar-refractivity contribution is 0.135. The summed E-state index contributed by atoms with van der Waals surface area (Å²) in [5.41, 5.74) is 2.53. The number of hydrogen-bond acceptors (Lipinski definition) is 2. The molecular weight excluding hydrogens is 376 g/mol. The molecule has 0 unspecified atom stereocenters. The molecule has 0 saturated carbocycles. The second-order valence-corrected chi connectivity index (χ2v) is 10.9. The first-order valence-electron chi connectivity index (χ1n) is 10.3. The molecule has 0 amide bonds. The molecule has 0 aliphatic heterocycles. The van der Waals surface area contributed by atoms with Crippen LogP contribution >= 0.6 is 0 Å². The number of rotatable bonds is 7. The summed E-state index contributed by atoms with van der Waals surface area (Å²) in [4.78, 5) is 0. The van der Waals surface area contributed by atoms with Crippen molar-refractivity contribution in [1.29, 1.82) is 0 Å². The molecule has 5 heteroatoms. The highest BCUT2D eigenvalue weighted by Crippen LogP contribution is 2.16. The van der Waals surface area contributed by atoms with Crippen molar-refractivity contribution in [3.8, 4) is 0 Å². The fraction of sp³-hybridized carbons (Fsp3) is 0.333. The summed E-state index contributed by atoms with van der Waals surface area (Å²) in [6.07, 6.45) is 2.04. The van der Waals surface area contributed by atoms with Crippen LogP contribution < -0.4 is 5.32 Å². The molecule has 4 nitrogen and oxygen atoms in total. The van der Waals surface area contributed by atoms with Crippen LogP contribution in [0.15, 0.2) is 66.9 Å². The first-order chi connectivity index (χ1) is 14.2. The Morgan fingerprint density at radius 3 is 2.03 bits per heavy atom. The van der Waals surface area contributed by atoms with Gasteiger partial charge in [0.25, 0.3) is 0 Å². The zero-order chi connectivity index (χ0) is 20.6. The van der Waals surface area contributed by atoms with Gasteiger partial charge in [-0.2, -0.15) is 0 Å². The van der Waals surface area contributed by atoms with Gasteiger partial charge in [-0.05, 0) is 35.0 Å². The van der Waals surface area contributed by atoms with Gasteiger partial charge in [-0.15, -0.1) is 0 Å². The number of hydrogen-bond donors (Lipinski definition) is 0. The number of para-hydroxylation sites is 2.